The quantitative estimate of drug-likeness (QED) is 0.758. The van der Waals surface area contributed by atoms with E-state index in [1.807, 2.05) is 0 Å². The van der Waals surface area contributed by atoms with Crippen molar-refractivity contribution < 1.29 is 4.42 Å². The van der Waals surface area contributed by atoms with Crippen LogP contribution in [0.25, 0.3) is 10.8 Å². The molecule has 0 saturated heterocycles. The van der Waals surface area contributed by atoms with E-state index < -0.39 is 0 Å². The Bertz CT molecular complexity index is 381. The first-order valence-electron chi connectivity index (χ1n) is 3.64. The van der Waals surface area contributed by atoms with E-state index in [0.29, 0.717) is 11.8 Å². The second kappa shape index (κ2) is 3.19. The smallest absolute Gasteiger partial charge is 0.261 e. The molecular formula is C6H7N5OS. The van der Waals surface area contributed by atoms with Gasteiger partial charge >= 0.3 is 0 Å². The molecule has 1 unspecified atom stereocenters. The highest BCUT2D eigenvalue weighted by Crippen LogP contribution is 2.21. The van der Waals surface area contributed by atoms with E-state index in [0.717, 1.165) is 4.88 Å². The average Bonchev–Trinajstić information content (AvgIpc) is 2.75. The van der Waals surface area contributed by atoms with Crippen molar-refractivity contribution in [3.05, 3.63) is 12.1 Å². The van der Waals surface area contributed by atoms with Crippen molar-refractivity contribution in [1.29, 1.82) is 0 Å². The Labute approximate surface area is 77.9 Å². The predicted octanol–water partition coefficient (Wildman–Crippen LogP) is 0.608. The molecule has 1 atom stereocenters. The summed E-state index contributed by atoms with van der Waals surface area (Å²) >= 11 is 1.20. The minimum Gasteiger partial charge on any atom is -0.418 e. The summed E-state index contributed by atoms with van der Waals surface area (Å²) in [6.45, 7) is 1.78. The van der Waals surface area contributed by atoms with Crippen LogP contribution in [-0.2, 0) is 0 Å². The zero-order valence-electron chi connectivity index (χ0n) is 6.84. The number of hydrogen-bond acceptors (Lipinski definition) is 7. The molecule has 2 aromatic rings. The molecule has 2 heterocycles. The van der Waals surface area contributed by atoms with Gasteiger partial charge in [-0.1, -0.05) is 4.49 Å². The lowest BCUT2D eigenvalue weighted by Gasteiger charge is -1.93. The summed E-state index contributed by atoms with van der Waals surface area (Å²) in [4.78, 5) is 0.749. The average molecular weight is 197 g/mol. The van der Waals surface area contributed by atoms with Gasteiger partial charge in [0, 0.05) is 0 Å². The van der Waals surface area contributed by atoms with Gasteiger partial charge in [-0.15, -0.1) is 15.3 Å². The number of rotatable bonds is 2. The van der Waals surface area contributed by atoms with Gasteiger partial charge in [-0.3, -0.25) is 0 Å². The van der Waals surface area contributed by atoms with Crippen LogP contribution in [0.4, 0.5) is 0 Å². The first kappa shape index (κ1) is 8.27. The van der Waals surface area contributed by atoms with Gasteiger partial charge < -0.3 is 10.2 Å². The van der Waals surface area contributed by atoms with E-state index in [1.54, 1.807) is 13.1 Å². The Balaban J connectivity index is 2.33. The molecule has 0 fully saturated rings. The molecule has 0 aliphatic carbocycles. The fraction of sp³-hybridized carbons (Fsp3) is 0.333. The van der Waals surface area contributed by atoms with Gasteiger partial charge in [-0.05, 0) is 18.5 Å². The van der Waals surface area contributed by atoms with Crippen LogP contribution in [0.15, 0.2) is 10.6 Å². The van der Waals surface area contributed by atoms with E-state index in [2.05, 4.69) is 19.8 Å². The van der Waals surface area contributed by atoms with Gasteiger partial charge in [0.25, 0.3) is 5.89 Å². The molecular weight excluding hydrogens is 190 g/mol. The van der Waals surface area contributed by atoms with E-state index in [9.17, 15) is 0 Å². The second-order valence-corrected chi connectivity index (χ2v) is 3.30. The minimum absolute atomic E-state index is 0.248. The maximum Gasteiger partial charge on any atom is 0.261 e. The predicted molar refractivity (Wildman–Crippen MR) is 45.8 cm³/mol. The van der Waals surface area contributed by atoms with Crippen LogP contribution >= 0.6 is 11.5 Å². The molecule has 7 heteroatoms. The van der Waals surface area contributed by atoms with Crippen LogP contribution < -0.4 is 5.73 Å². The highest BCUT2D eigenvalue weighted by Gasteiger charge is 2.12. The molecule has 13 heavy (non-hydrogen) atoms. The summed E-state index contributed by atoms with van der Waals surface area (Å²) in [5, 5.41) is 11.3. The van der Waals surface area contributed by atoms with Crippen molar-refractivity contribution in [2.45, 2.75) is 13.0 Å². The van der Waals surface area contributed by atoms with Gasteiger partial charge in [0.2, 0.25) is 5.89 Å². The van der Waals surface area contributed by atoms with Crippen LogP contribution in [0.1, 0.15) is 18.9 Å². The monoisotopic (exact) mass is 197 g/mol. The molecule has 0 aliphatic heterocycles. The number of aromatic nitrogens is 4. The summed E-state index contributed by atoms with van der Waals surface area (Å²) in [6, 6.07) is -0.248. The van der Waals surface area contributed by atoms with Gasteiger partial charge in [0.1, 0.15) is 4.88 Å². The Morgan fingerprint density at radius 1 is 1.54 bits per heavy atom. The first-order valence-corrected chi connectivity index (χ1v) is 4.41. The van der Waals surface area contributed by atoms with Crippen LogP contribution in [0.2, 0.25) is 0 Å². The Hall–Kier alpha value is -1.34. The van der Waals surface area contributed by atoms with Gasteiger partial charge in [-0.25, -0.2) is 0 Å². The molecule has 0 radical (unpaired) electrons. The maximum atomic E-state index is 5.56. The van der Waals surface area contributed by atoms with Gasteiger partial charge in [0.15, 0.2) is 0 Å². The summed E-state index contributed by atoms with van der Waals surface area (Å²) in [5.74, 6) is 0.839. The molecule has 2 rings (SSSR count). The fourth-order valence-corrected chi connectivity index (χ4v) is 1.22. The molecule has 0 aromatic carbocycles. The number of hydrogen-bond donors (Lipinski definition) is 1. The molecule has 68 valence electrons. The van der Waals surface area contributed by atoms with Crippen LogP contribution in [0.3, 0.4) is 0 Å². The van der Waals surface area contributed by atoms with Crippen molar-refractivity contribution in [2.24, 2.45) is 5.73 Å². The van der Waals surface area contributed by atoms with E-state index >= 15 is 0 Å². The lowest BCUT2D eigenvalue weighted by Crippen LogP contribution is -2.04. The second-order valence-electron chi connectivity index (χ2n) is 2.52. The molecule has 0 saturated carbocycles. The molecule has 0 bridgehead atoms. The topological polar surface area (TPSA) is 90.7 Å². The van der Waals surface area contributed by atoms with E-state index in [4.69, 9.17) is 10.2 Å². The van der Waals surface area contributed by atoms with Gasteiger partial charge in [-0.2, -0.15) is 0 Å². The summed E-state index contributed by atoms with van der Waals surface area (Å²) in [6.07, 6.45) is 1.57. The molecule has 2 aromatic heterocycles. The zero-order chi connectivity index (χ0) is 9.26. The van der Waals surface area contributed by atoms with Crippen LogP contribution in [0.5, 0.6) is 0 Å². The molecule has 0 spiro atoms. The molecule has 0 amide bonds. The SMILES string of the molecule is CC(N)c1nnc(-c2cnns2)o1. The lowest BCUT2D eigenvalue weighted by atomic mass is 10.4. The fourth-order valence-electron chi connectivity index (χ4n) is 0.780. The van der Waals surface area contributed by atoms with Crippen molar-refractivity contribution in [3.8, 4) is 10.8 Å². The Morgan fingerprint density at radius 3 is 2.92 bits per heavy atom. The zero-order valence-corrected chi connectivity index (χ0v) is 7.65. The molecule has 0 aliphatic rings. The standard InChI is InChI=1S/C6H7N5OS/c1-3(7)5-9-10-6(12-5)4-2-8-11-13-4/h2-3H,7H2,1H3. The number of nitrogens with zero attached hydrogens (tertiary/aromatic N) is 4. The maximum absolute atomic E-state index is 5.56. The summed E-state index contributed by atoms with van der Waals surface area (Å²) < 4.78 is 8.96. The Morgan fingerprint density at radius 2 is 2.38 bits per heavy atom. The molecule has 6 nitrogen and oxygen atoms in total. The normalized spacial score (nSPS) is 13.1. The van der Waals surface area contributed by atoms with Crippen LogP contribution in [-0.4, -0.2) is 19.8 Å². The number of nitrogens with two attached hydrogens (primary N) is 1. The van der Waals surface area contributed by atoms with Gasteiger partial charge in [0.05, 0.1) is 12.2 Å². The van der Waals surface area contributed by atoms with Crippen LogP contribution in [0, 0.1) is 0 Å². The largest absolute Gasteiger partial charge is 0.418 e. The van der Waals surface area contributed by atoms with E-state index in [-0.39, 0.29) is 6.04 Å². The highest BCUT2D eigenvalue weighted by molar-refractivity contribution is 7.09. The summed E-state index contributed by atoms with van der Waals surface area (Å²) in [7, 11) is 0. The summed E-state index contributed by atoms with van der Waals surface area (Å²) in [5.41, 5.74) is 5.56. The Kier molecular flexibility index (Phi) is 2.03. The minimum atomic E-state index is -0.248. The van der Waals surface area contributed by atoms with Crippen molar-refractivity contribution in [3.63, 3.8) is 0 Å². The lowest BCUT2D eigenvalue weighted by molar-refractivity contribution is 0.474. The van der Waals surface area contributed by atoms with Crippen molar-refractivity contribution in [1.82, 2.24) is 19.8 Å². The van der Waals surface area contributed by atoms with Crippen molar-refractivity contribution >= 4 is 11.5 Å². The van der Waals surface area contributed by atoms with E-state index in [1.165, 1.54) is 11.5 Å². The third-order valence-corrected chi connectivity index (χ3v) is 2.05. The third-order valence-electron chi connectivity index (χ3n) is 1.40. The third kappa shape index (κ3) is 1.56. The molecule has 2 N–H and O–H groups in total. The highest BCUT2D eigenvalue weighted by atomic mass is 32.1. The first-order chi connectivity index (χ1) is 6.27. The van der Waals surface area contributed by atoms with Crippen molar-refractivity contribution in [2.75, 3.05) is 0 Å².